The Morgan fingerprint density at radius 2 is 2.00 bits per heavy atom. The maximum Gasteiger partial charge on any atom is 0.308 e. The van der Waals surface area contributed by atoms with Gasteiger partial charge in [0.2, 0.25) is 0 Å². The van der Waals surface area contributed by atoms with Gasteiger partial charge in [0.15, 0.2) is 0 Å². The predicted octanol–water partition coefficient (Wildman–Crippen LogP) is 2.42. The molecule has 0 saturated carbocycles. The van der Waals surface area contributed by atoms with Gasteiger partial charge in [0.1, 0.15) is 17.8 Å². The summed E-state index contributed by atoms with van der Waals surface area (Å²) in [4.78, 5) is 22.6. The lowest BCUT2D eigenvalue weighted by atomic mass is 9.84. The number of fused-ring (bicyclic) bond motifs is 2. The van der Waals surface area contributed by atoms with E-state index in [0.29, 0.717) is 6.42 Å². The van der Waals surface area contributed by atoms with Crippen molar-refractivity contribution in [2.24, 2.45) is 0 Å². The van der Waals surface area contributed by atoms with Gasteiger partial charge in [0.05, 0.1) is 6.42 Å². The quantitative estimate of drug-likeness (QED) is 0.620. The van der Waals surface area contributed by atoms with Crippen LogP contribution in [0, 0.1) is 0 Å². The minimum Gasteiger partial charge on any atom is -0.462 e. The second kappa shape index (κ2) is 4.62. The highest BCUT2D eigenvalue weighted by atomic mass is 17.2. The van der Waals surface area contributed by atoms with E-state index in [-0.39, 0.29) is 19.0 Å². The van der Waals surface area contributed by atoms with Gasteiger partial charge < -0.3 is 4.74 Å². The summed E-state index contributed by atoms with van der Waals surface area (Å²) in [5, 5.41) is 0. The van der Waals surface area contributed by atoms with Crippen LogP contribution in [-0.4, -0.2) is 23.8 Å². The molecule has 19 heavy (non-hydrogen) atoms. The van der Waals surface area contributed by atoms with Crippen LogP contribution >= 0.6 is 0 Å². The predicted molar refractivity (Wildman–Crippen MR) is 68.3 cm³/mol. The van der Waals surface area contributed by atoms with Crippen LogP contribution in [0.5, 0.6) is 0 Å². The molecule has 1 aromatic carbocycles. The molecule has 0 unspecified atom stereocenters. The Kier molecular flexibility index (Phi) is 3.07. The van der Waals surface area contributed by atoms with Crippen LogP contribution in [0.25, 0.3) is 0 Å². The molecule has 2 heterocycles. The van der Waals surface area contributed by atoms with Crippen LogP contribution in [0.15, 0.2) is 30.3 Å². The SMILES string of the molecule is C[C@]12COC(=O)C[C@](CCc3ccccc3)(C1)OO2. The summed E-state index contributed by atoms with van der Waals surface area (Å²) < 4.78 is 5.17. The van der Waals surface area contributed by atoms with Gasteiger partial charge in [-0.15, -0.1) is 0 Å². The van der Waals surface area contributed by atoms with Gasteiger partial charge in [0.25, 0.3) is 0 Å². The van der Waals surface area contributed by atoms with E-state index in [1.807, 2.05) is 25.1 Å². The van der Waals surface area contributed by atoms with Gasteiger partial charge in [-0.05, 0) is 25.3 Å². The van der Waals surface area contributed by atoms with Crippen molar-refractivity contribution in [1.82, 2.24) is 0 Å². The maximum atomic E-state index is 11.7. The van der Waals surface area contributed by atoms with Gasteiger partial charge in [0, 0.05) is 6.42 Å². The number of rotatable bonds is 3. The third-order valence-corrected chi connectivity index (χ3v) is 3.83. The number of carbonyl (C=O) groups excluding carboxylic acids is 1. The van der Waals surface area contributed by atoms with Crippen molar-refractivity contribution in [2.75, 3.05) is 6.61 Å². The molecular weight excluding hydrogens is 244 g/mol. The van der Waals surface area contributed by atoms with Crippen LogP contribution in [-0.2, 0) is 25.7 Å². The van der Waals surface area contributed by atoms with Gasteiger partial charge in [-0.3, -0.25) is 4.79 Å². The fraction of sp³-hybridized carbons (Fsp3) is 0.533. The molecule has 1 aromatic rings. The zero-order chi connectivity index (χ0) is 13.3. The Balaban J connectivity index is 1.73. The first-order chi connectivity index (χ1) is 9.09. The zero-order valence-corrected chi connectivity index (χ0v) is 11.1. The molecule has 2 atom stereocenters. The fourth-order valence-corrected chi connectivity index (χ4v) is 2.88. The van der Waals surface area contributed by atoms with Crippen LogP contribution < -0.4 is 0 Å². The first-order valence-electron chi connectivity index (χ1n) is 6.66. The maximum absolute atomic E-state index is 11.7. The molecule has 2 aliphatic rings. The Morgan fingerprint density at radius 1 is 1.21 bits per heavy atom. The highest BCUT2D eigenvalue weighted by Crippen LogP contribution is 2.43. The van der Waals surface area contributed by atoms with E-state index in [2.05, 4.69) is 12.1 Å². The van der Waals surface area contributed by atoms with E-state index in [0.717, 1.165) is 12.8 Å². The molecule has 0 radical (unpaired) electrons. The average molecular weight is 262 g/mol. The van der Waals surface area contributed by atoms with Gasteiger partial charge in [-0.25, -0.2) is 9.78 Å². The number of benzene rings is 1. The molecule has 4 heteroatoms. The first kappa shape index (κ1) is 12.6. The lowest BCUT2D eigenvalue weighted by molar-refractivity contribution is -0.357. The minimum absolute atomic E-state index is 0.194. The Bertz CT molecular complexity index is 472. The summed E-state index contributed by atoms with van der Waals surface area (Å²) in [6.07, 6.45) is 2.61. The van der Waals surface area contributed by atoms with Gasteiger partial charge in [-0.1, -0.05) is 30.3 Å². The molecule has 2 bridgehead atoms. The molecule has 0 aromatic heterocycles. The standard InChI is InChI=1S/C15H18O4/c1-14-10-15(19-18-14,9-13(16)17-11-14)8-7-12-5-3-2-4-6-12/h2-6H,7-11H2,1H3/t14-,15-/m1/s1. The highest BCUT2D eigenvalue weighted by molar-refractivity contribution is 5.71. The fourth-order valence-electron chi connectivity index (χ4n) is 2.88. The van der Waals surface area contributed by atoms with Crippen molar-refractivity contribution >= 4 is 5.97 Å². The summed E-state index contributed by atoms with van der Waals surface area (Å²) in [6.45, 7) is 2.20. The summed E-state index contributed by atoms with van der Waals surface area (Å²) in [7, 11) is 0. The van der Waals surface area contributed by atoms with Crippen molar-refractivity contribution in [3.05, 3.63) is 35.9 Å². The largest absolute Gasteiger partial charge is 0.462 e. The number of hydrogen-bond acceptors (Lipinski definition) is 4. The molecule has 0 spiro atoms. The van der Waals surface area contributed by atoms with Crippen LogP contribution in [0.3, 0.4) is 0 Å². The molecule has 4 nitrogen and oxygen atoms in total. The van der Waals surface area contributed by atoms with Crippen molar-refractivity contribution in [3.8, 4) is 0 Å². The number of hydrogen-bond donors (Lipinski definition) is 0. The normalized spacial score (nSPS) is 33.8. The van der Waals surface area contributed by atoms with Crippen LogP contribution in [0.1, 0.15) is 31.7 Å². The van der Waals surface area contributed by atoms with Crippen molar-refractivity contribution in [3.63, 3.8) is 0 Å². The molecule has 0 amide bonds. The summed E-state index contributed by atoms with van der Waals surface area (Å²) >= 11 is 0. The smallest absolute Gasteiger partial charge is 0.308 e. The van der Waals surface area contributed by atoms with Crippen LogP contribution in [0.4, 0.5) is 0 Å². The third kappa shape index (κ3) is 2.65. The zero-order valence-electron chi connectivity index (χ0n) is 11.1. The molecule has 2 saturated heterocycles. The minimum atomic E-state index is -0.530. The molecule has 0 N–H and O–H groups in total. The van der Waals surface area contributed by atoms with Crippen molar-refractivity contribution < 1.29 is 19.3 Å². The molecule has 2 aliphatic heterocycles. The molecule has 102 valence electrons. The number of carbonyl (C=O) groups is 1. The number of esters is 1. The van der Waals surface area contributed by atoms with E-state index >= 15 is 0 Å². The lowest BCUT2D eigenvalue weighted by Crippen LogP contribution is -2.32. The van der Waals surface area contributed by atoms with Gasteiger partial charge >= 0.3 is 5.97 Å². The third-order valence-electron chi connectivity index (χ3n) is 3.83. The Morgan fingerprint density at radius 3 is 2.79 bits per heavy atom. The topological polar surface area (TPSA) is 44.8 Å². The highest BCUT2D eigenvalue weighted by Gasteiger charge is 2.53. The van der Waals surface area contributed by atoms with Crippen molar-refractivity contribution in [1.29, 1.82) is 0 Å². The number of ether oxygens (including phenoxy) is 1. The first-order valence-corrected chi connectivity index (χ1v) is 6.66. The summed E-state index contributed by atoms with van der Waals surface area (Å²) in [5.74, 6) is -0.194. The van der Waals surface area contributed by atoms with Crippen LogP contribution in [0.2, 0.25) is 0 Å². The molecular formula is C15H18O4. The average Bonchev–Trinajstić information content (AvgIpc) is 2.67. The Labute approximate surface area is 112 Å². The second-order valence-corrected chi connectivity index (χ2v) is 5.80. The van der Waals surface area contributed by atoms with E-state index in [1.54, 1.807) is 0 Å². The molecule has 2 fully saturated rings. The monoisotopic (exact) mass is 262 g/mol. The molecule has 3 rings (SSSR count). The second-order valence-electron chi connectivity index (χ2n) is 5.80. The molecule has 0 aliphatic carbocycles. The Hall–Kier alpha value is -1.39. The van der Waals surface area contributed by atoms with E-state index < -0.39 is 11.2 Å². The lowest BCUT2D eigenvalue weighted by Gasteiger charge is -2.23. The van der Waals surface area contributed by atoms with E-state index in [1.165, 1.54) is 5.56 Å². The summed E-state index contributed by atoms with van der Waals surface area (Å²) in [6, 6.07) is 10.2. The number of aryl methyl sites for hydroxylation is 1. The number of cyclic esters (lactones) is 1. The van der Waals surface area contributed by atoms with E-state index in [4.69, 9.17) is 14.5 Å². The van der Waals surface area contributed by atoms with E-state index in [9.17, 15) is 4.79 Å². The van der Waals surface area contributed by atoms with Gasteiger partial charge in [-0.2, -0.15) is 0 Å². The van der Waals surface area contributed by atoms with Crippen molar-refractivity contribution in [2.45, 2.75) is 43.8 Å². The summed E-state index contributed by atoms with van der Waals surface area (Å²) in [5.41, 5.74) is 0.216.